The molecule has 1 N–H and O–H groups in total. The minimum Gasteiger partial charge on any atom is -0.337 e. The molecule has 1 atom stereocenters. The Hall–Kier alpha value is -3.46. The Morgan fingerprint density at radius 2 is 2.03 bits per heavy atom. The molecule has 1 fully saturated rings. The average molecular weight is 435 g/mol. The van der Waals surface area contributed by atoms with Crippen molar-refractivity contribution in [2.24, 2.45) is 7.05 Å². The lowest BCUT2D eigenvalue weighted by Crippen LogP contribution is -2.40. The predicted octanol–water partition coefficient (Wildman–Crippen LogP) is 3.04. The first-order chi connectivity index (χ1) is 15.1. The summed E-state index contributed by atoms with van der Waals surface area (Å²) in [4.78, 5) is 28.8. The number of aromatic nitrogens is 5. The third-order valence-electron chi connectivity index (χ3n) is 5.62. The molecule has 5 rings (SSSR count). The maximum atomic E-state index is 13.1. The quantitative estimate of drug-likeness (QED) is 0.535. The Balaban J connectivity index is 1.41. The van der Waals surface area contributed by atoms with E-state index in [2.05, 4.69) is 15.3 Å². The highest BCUT2D eigenvalue weighted by Gasteiger charge is 2.31. The molecule has 8 nitrogen and oxygen atoms in total. The average Bonchev–Trinajstić information content (AvgIpc) is 3.55. The number of aromatic amines is 1. The molecule has 158 valence electrons. The van der Waals surface area contributed by atoms with Gasteiger partial charge in [0.25, 0.3) is 5.91 Å². The van der Waals surface area contributed by atoms with Crippen LogP contribution in [0.1, 0.15) is 35.1 Å². The molecule has 31 heavy (non-hydrogen) atoms. The number of H-pyrrole nitrogens is 1. The van der Waals surface area contributed by atoms with Crippen molar-refractivity contribution in [3.05, 3.63) is 75.9 Å². The van der Waals surface area contributed by atoms with Gasteiger partial charge in [-0.2, -0.15) is 10.2 Å². The molecule has 1 aliphatic rings. The summed E-state index contributed by atoms with van der Waals surface area (Å²) in [7, 11) is 1.66. The number of carbonyl (C=O) groups is 1. The number of aryl methyl sites for hydroxylation is 1. The zero-order valence-electron chi connectivity index (χ0n) is 17.1. The molecule has 0 aliphatic carbocycles. The molecule has 1 aromatic carbocycles. The van der Waals surface area contributed by atoms with Crippen molar-refractivity contribution >= 4 is 17.2 Å². The second kappa shape index (κ2) is 7.99. The normalized spacial score (nSPS) is 16.5. The van der Waals surface area contributed by atoms with Crippen molar-refractivity contribution in [2.75, 3.05) is 13.1 Å². The number of carbonyl (C=O) groups excluding carboxylic acids is 1. The Labute approximate surface area is 182 Å². The van der Waals surface area contributed by atoms with E-state index < -0.39 is 0 Å². The van der Waals surface area contributed by atoms with E-state index >= 15 is 0 Å². The molecule has 1 amide bonds. The number of nitrogens with zero attached hydrogens (tertiary/aromatic N) is 5. The monoisotopic (exact) mass is 434 g/mol. The second-order valence-electron chi connectivity index (χ2n) is 7.67. The molecule has 0 spiro atoms. The van der Waals surface area contributed by atoms with Gasteiger partial charge in [0.15, 0.2) is 5.69 Å². The molecule has 1 aliphatic heterocycles. The number of hydrogen-bond acceptors (Lipinski definition) is 5. The summed E-state index contributed by atoms with van der Waals surface area (Å²) in [5, 5.41) is 13.7. The van der Waals surface area contributed by atoms with Gasteiger partial charge in [-0.05, 0) is 42.5 Å². The molecule has 3 aromatic heterocycles. The fourth-order valence-electron chi connectivity index (χ4n) is 4.09. The minimum absolute atomic E-state index is 0.0254. The van der Waals surface area contributed by atoms with Gasteiger partial charge in [-0.1, -0.05) is 24.3 Å². The minimum atomic E-state index is -0.183. The highest BCUT2D eigenvalue weighted by Crippen LogP contribution is 2.28. The maximum absolute atomic E-state index is 13.1. The highest BCUT2D eigenvalue weighted by atomic mass is 32.1. The van der Waals surface area contributed by atoms with Crippen LogP contribution in [-0.4, -0.2) is 48.4 Å². The third-order valence-corrected chi connectivity index (χ3v) is 6.52. The zero-order chi connectivity index (χ0) is 21.4. The van der Waals surface area contributed by atoms with Gasteiger partial charge in [0.2, 0.25) is 0 Å². The van der Waals surface area contributed by atoms with Gasteiger partial charge in [-0.15, -0.1) is 11.3 Å². The van der Waals surface area contributed by atoms with Gasteiger partial charge in [0.05, 0.1) is 16.3 Å². The van der Waals surface area contributed by atoms with Crippen LogP contribution in [0.2, 0.25) is 0 Å². The summed E-state index contributed by atoms with van der Waals surface area (Å²) in [5.41, 5.74) is 1.85. The Kier molecular flexibility index (Phi) is 5.03. The van der Waals surface area contributed by atoms with Crippen molar-refractivity contribution in [1.82, 2.24) is 29.4 Å². The van der Waals surface area contributed by atoms with Gasteiger partial charge in [0, 0.05) is 26.1 Å². The number of hydrogen-bond donors (Lipinski definition) is 1. The number of rotatable bonds is 4. The van der Waals surface area contributed by atoms with Crippen molar-refractivity contribution in [1.29, 1.82) is 0 Å². The number of piperidine rings is 1. The first-order valence-corrected chi connectivity index (χ1v) is 11.1. The summed E-state index contributed by atoms with van der Waals surface area (Å²) in [6.07, 6.45) is 1.71. The first kappa shape index (κ1) is 19.5. The number of amides is 1. The number of likely N-dealkylation sites (tertiary alicyclic amines) is 1. The van der Waals surface area contributed by atoms with Crippen LogP contribution in [0.25, 0.3) is 16.3 Å². The summed E-state index contributed by atoms with van der Waals surface area (Å²) >= 11 is 1.60. The van der Waals surface area contributed by atoms with Gasteiger partial charge in [-0.25, -0.2) is 14.0 Å². The molecule has 1 unspecified atom stereocenters. The van der Waals surface area contributed by atoms with Crippen LogP contribution in [0.15, 0.2) is 58.7 Å². The van der Waals surface area contributed by atoms with Crippen molar-refractivity contribution in [3.8, 4) is 16.3 Å². The van der Waals surface area contributed by atoms with E-state index in [1.807, 2.05) is 52.7 Å². The van der Waals surface area contributed by atoms with Crippen molar-refractivity contribution in [2.45, 2.75) is 18.8 Å². The summed E-state index contributed by atoms with van der Waals surface area (Å²) in [6.45, 7) is 1.17. The molecule has 0 radical (unpaired) electrons. The second-order valence-corrected chi connectivity index (χ2v) is 8.62. The van der Waals surface area contributed by atoms with Crippen molar-refractivity contribution in [3.63, 3.8) is 0 Å². The molecule has 0 saturated carbocycles. The molecule has 0 bridgehead atoms. The summed E-state index contributed by atoms with van der Waals surface area (Å²) in [6, 6.07) is 15.3. The molecular formula is C22H22N6O2S. The van der Waals surface area contributed by atoms with Gasteiger partial charge in [0.1, 0.15) is 5.82 Å². The lowest BCUT2D eigenvalue weighted by molar-refractivity contribution is 0.0698. The zero-order valence-corrected chi connectivity index (χ0v) is 17.9. The van der Waals surface area contributed by atoms with Gasteiger partial charge >= 0.3 is 5.69 Å². The maximum Gasteiger partial charge on any atom is 0.350 e. The SMILES string of the molecule is Cn1nc(C2CCCN(C(=O)c3cc(-c4cccs4)[nH]n3)C2)n(-c2ccccc2)c1=O. The van der Waals surface area contributed by atoms with Gasteiger partial charge < -0.3 is 4.90 Å². The Morgan fingerprint density at radius 3 is 2.81 bits per heavy atom. The largest absolute Gasteiger partial charge is 0.350 e. The van der Waals surface area contributed by atoms with Crippen LogP contribution in [0.4, 0.5) is 0 Å². The lowest BCUT2D eigenvalue weighted by Gasteiger charge is -2.31. The van der Waals surface area contributed by atoms with E-state index in [-0.39, 0.29) is 17.5 Å². The Bertz CT molecular complexity index is 1250. The molecule has 4 aromatic rings. The molecule has 1 saturated heterocycles. The van der Waals surface area contributed by atoms with E-state index in [9.17, 15) is 9.59 Å². The number of para-hydroxylation sites is 1. The Morgan fingerprint density at radius 1 is 1.19 bits per heavy atom. The topological polar surface area (TPSA) is 88.8 Å². The van der Waals surface area contributed by atoms with E-state index in [4.69, 9.17) is 0 Å². The number of thiophene rings is 1. The first-order valence-electron chi connectivity index (χ1n) is 10.2. The summed E-state index contributed by atoms with van der Waals surface area (Å²) in [5.74, 6) is 0.563. The highest BCUT2D eigenvalue weighted by molar-refractivity contribution is 7.13. The van der Waals surface area contributed by atoms with Crippen LogP contribution < -0.4 is 5.69 Å². The standard InChI is InChI=1S/C22H22N6O2S/c1-26-22(30)28(16-8-3-2-4-9-16)20(25-26)15-7-5-11-27(14-15)21(29)18-13-17(23-24-18)19-10-6-12-31-19/h2-4,6,8-10,12-13,15H,5,7,11,14H2,1H3,(H,23,24). The number of benzene rings is 1. The fraction of sp³-hybridized carbons (Fsp3) is 0.273. The van der Waals surface area contributed by atoms with E-state index in [0.717, 1.165) is 29.1 Å². The third kappa shape index (κ3) is 3.61. The van der Waals surface area contributed by atoms with E-state index in [1.54, 1.807) is 29.0 Å². The van der Waals surface area contributed by atoms with Crippen LogP contribution in [-0.2, 0) is 7.05 Å². The molecular weight excluding hydrogens is 412 g/mol. The van der Waals surface area contributed by atoms with Crippen molar-refractivity contribution < 1.29 is 4.79 Å². The van der Waals surface area contributed by atoms with Crippen LogP contribution in [0.3, 0.4) is 0 Å². The van der Waals surface area contributed by atoms with Crippen LogP contribution >= 0.6 is 11.3 Å². The molecule has 9 heteroatoms. The van der Waals surface area contributed by atoms with E-state index in [1.165, 1.54) is 4.68 Å². The molecule has 4 heterocycles. The predicted molar refractivity (Wildman–Crippen MR) is 119 cm³/mol. The smallest absolute Gasteiger partial charge is 0.337 e. The van der Waals surface area contributed by atoms with Gasteiger partial charge in [-0.3, -0.25) is 9.89 Å². The van der Waals surface area contributed by atoms with Crippen LogP contribution in [0, 0.1) is 0 Å². The van der Waals surface area contributed by atoms with Crippen LogP contribution in [0.5, 0.6) is 0 Å². The number of nitrogens with one attached hydrogen (secondary N) is 1. The summed E-state index contributed by atoms with van der Waals surface area (Å²) < 4.78 is 3.02. The van der Waals surface area contributed by atoms with E-state index in [0.29, 0.717) is 24.6 Å². The fourth-order valence-corrected chi connectivity index (χ4v) is 4.78. The lowest BCUT2D eigenvalue weighted by atomic mass is 9.96.